The van der Waals surface area contributed by atoms with E-state index in [1.807, 2.05) is 0 Å². The molecule has 3 amide bonds. The quantitative estimate of drug-likeness (QED) is 0.809. The summed E-state index contributed by atoms with van der Waals surface area (Å²) in [5, 5.41) is 0. The number of hydrogen-bond donors (Lipinski definition) is 0. The van der Waals surface area contributed by atoms with E-state index in [0.717, 1.165) is 5.56 Å². The van der Waals surface area contributed by atoms with E-state index in [2.05, 4.69) is 0 Å². The molecule has 0 aliphatic carbocycles. The molecule has 0 atom stereocenters. The van der Waals surface area contributed by atoms with Crippen molar-refractivity contribution < 1.29 is 18.7 Å². The Bertz CT molecular complexity index is 579. The molecule has 1 aromatic rings. The van der Waals surface area contributed by atoms with Crippen LogP contribution in [-0.2, 0) is 16.0 Å². The number of halogens is 1. The largest absolute Gasteiger partial charge is 0.378 e. The molecule has 7 heteroatoms. The molecule has 0 unspecified atom stereocenters. The van der Waals surface area contributed by atoms with E-state index < -0.39 is 0 Å². The van der Waals surface area contributed by atoms with Gasteiger partial charge < -0.3 is 19.4 Å². The Morgan fingerprint density at radius 1 is 0.875 bits per heavy atom. The molecule has 0 N–H and O–H groups in total. The molecular formula is C17H22FN3O3. The van der Waals surface area contributed by atoms with Gasteiger partial charge in [0.05, 0.1) is 19.6 Å². The fourth-order valence-corrected chi connectivity index (χ4v) is 2.99. The monoisotopic (exact) mass is 335 g/mol. The molecule has 130 valence electrons. The second-order valence-electron chi connectivity index (χ2n) is 6.05. The van der Waals surface area contributed by atoms with Crippen LogP contribution in [0.25, 0.3) is 0 Å². The maximum atomic E-state index is 12.9. The molecule has 24 heavy (non-hydrogen) atoms. The lowest BCUT2D eigenvalue weighted by atomic mass is 10.1. The lowest BCUT2D eigenvalue weighted by Gasteiger charge is -2.38. The molecule has 2 fully saturated rings. The minimum atomic E-state index is -0.304. The second kappa shape index (κ2) is 7.61. The van der Waals surface area contributed by atoms with Crippen LogP contribution in [0, 0.1) is 5.82 Å². The molecule has 2 aliphatic rings. The molecule has 6 nitrogen and oxygen atoms in total. The van der Waals surface area contributed by atoms with Gasteiger partial charge >= 0.3 is 6.03 Å². The Kier molecular flexibility index (Phi) is 5.30. The van der Waals surface area contributed by atoms with E-state index in [1.54, 1.807) is 26.8 Å². The third-order valence-corrected chi connectivity index (χ3v) is 4.45. The molecule has 0 spiro atoms. The van der Waals surface area contributed by atoms with Gasteiger partial charge in [-0.1, -0.05) is 12.1 Å². The smallest absolute Gasteiger partial charge is 0.320 e. The number of rotatable bonds is 2. The predicted octanol–water partition coefficient (Wildman–Crippen LogP) is 0.965. The maximum absolute atomic E-state index is 12.9. The minimum absolute atomic E-state index is 0.0140. The number of urea groups is 1. The summed E-state index contributed by atoms with van der Waals surface area (Å²) in [4.78, 5) is 30.1. The first-order chi connectivity index (χ1) is 11.6. The summed E-state index contributed by atoms with van der Waals surface area (Å²) >= 11 is 0. The van der Waals surface area contributed by atoms with E-state index in [0.29, 0.717) is 52.5 Å². The number of morpholine rings is 1. The number of hydrogen-bond acceptors (Lipinski definition) is 3. The van der Waals surface area contributed by atoms with Gasteiger partial charge in [0.15, 0.2) is 0 Å². The lowest BCUT2D eigenvalue weighted by molar-refractivity contribution is -0.131. The first-order valence-electron chi connectivity index (χ1n) is 8.27. The average molecular weight is 335 g/mol. The summed E-state index contributed by atoms with van der Waals surface area (Å²) in [6.45, 7) is 4.59. The summed E-state index contributed by atoms with van der Waals surface area (Å²) in [5.74, 6) is -0.290. The summed E-state index contributed by atoms with van der Waals surface area (Å²) in [7, 11) is 0. The predicted molar refractivity (Wildman–Crippen MR) is 86.0 cm³/mol. The number of carbonyl (C=O) groups excluding carboxylic acids is 2. The Hall–Kier alpha value is -2.15. The molecule has 0 aromatic heterocycles. The summed E-state index contributed by atoms with van der Waals surface area (Å²) < 4.78 is 18.2. The zero-order valence-corrected chi connectivity index (χ0v) is 13.6. The van der Waals surface area contributed by atoms with Crippen LogP contribution in [0.15, 0.2) is 24.3 Å². The first-order valence-corrected chi connectivity index (χ1v) is 8.27. The highest BCUT2D eigenvalue weighted by Crippen LogP contribution is 2.10. The zero-order valence-electron chi connectivity index (χ0n) is 13.6. The number of benzene rings is 1. The van der Waals surface area contributed by atoms with Gasteiger partial charge in [-0.05, 0) is 17.7 Å². The highest BCUT2D eigenvalue weighted by atomic mass is 19.1. The normalized spacial score (nSPS) is 18.6. The fourth-order valence-electron chi connectivity index (χ4n) is 2.99. The van der Waals surface area contributed by atoms with Crippen molar-refractivity contribution in [2.75, 3.05) is 52.5 Å². The fraction of sp³-hybridized carbons (Fsp3) is 0.529. The highest BCUT2D eigenvalue weighted by Gasteiger charge is 2.27. The van der Waals surface area contributed by atoms with Crippen LogP contribution in [0.5, 0.6) is 0 Å². The van der Waals surface area contributed by atoms with E-state index in [1.165, 1.54) is 12.1 Å². The standard InChI is InChI=1S/C17H22FN3O3/c18-15-3-1-14(2-4-15)13-16(22)19-5-7-20(8-6-19)17(23)21-9-11-24-12-10-21/h1-4H,5-13H2. The summed E-state index contributed by atoms with van der Waals surface area (Å²) in [5.41, 5.74) is 0.799. The van der Waals surface area contributed by atoms with Crippen LogP contribution in [0.2, 0.25) is 0 Å². The van der Waals surface area contributed by atoms with Crippen molar-refractivity contribution in [3.63, 3.8) is 0 Å². The Morgan fingerprint density at radius 2 is 1.42 bits per heavy atom. The third-order valence-electron chi connectivity index (χ3n) is 4.45. The molecule has 2 saturated heterocycles. The van der Waals surface area contributed by atoms with Crippen molar-refractivity contribution in [2.24, 2.45) is 0 Å². The van der Waals surface area contributed by atoms with Gasteiger partial charge in [-0.25, -0.2) is 9.18 Å². The minimum Gasteiger partial charge on any atom is -0.378 e. The van der Waals surface area contributed by atoms with Gasteiger partial charge in [0, 0.05) is 39.3 Å². The van der Waals surface area contributed by atoms with Crippen molar-refractivity contribution in [1.82, 2.24) is 14.7 Å². The number of carbonyl (C=O) groups is 2. The van der Waals surface area contributed by atoms with E-state index in [4.69, 9.17) is 4.74 Å². The number of piperazine rings is 1. The van der Waals surface area contributed by atoms with Crippen LogP contribution in [0.4, 0.5) is 9.18 Å². The van der Waals surface area contributed by atoms with Gasteiger partial charge in [-0.2, -0.15) is 0 Å². The third kappa shape index (κ3) is 4.03. The SMILES string of the molecule is O=C(Cc1ccc(F)cc1)N1CCN(C(=O)N2CCOCC2)CC1. The number of amides is 3. The van der Waals surface area contributed by atoms with Crippen LogP contribution in [0.3, 0.4) is 0 Å². The molecule has 0 saturated carbocycles. The molecule has 3 rings (SSSR count). The van der Waals surface area contributed by atoms with Crippen LogP contribution in [-0.4, -0.2) is 79.1 Å². The molecule has 0 radical (unpaired) electrons. The van der Waals surface area contributed by atoms with Crippen LogP contribution >= 0.6 is 0 Å². The zero-order chi connectivity index (χ0) is 16.9. The van der Waals surface area contributed by atoms with Crippen LogP contribution < -0.4 is 0 Å². The van der Waals surface area contributed by atoms with E-state index in [-0.39, 0.29) is 24.2 Å². The first kappa shape index (κ1) is 16.7. The van der Waals surface area contributed by atoms with Crippen molar-refractivity contribution in [3.8, 4) is 0 Å². The Labute approximate surface area is 140 Å². The Morgan fingerprint density at radius 3 is 2.04 bits per heavy atom. The van der Waals surface area contributed by atoms with Crippen molar-refractivity contribution >= 4 is 11.9 Å². The van der Waals surface area contributed by atoms with Gasteiger partial charge in [0.25, 0.3) is 0 Å². The Balaban J connectivity index is 1.48. The highest BCUT2D eigenvalue weighted by molar-refractivity contribution is 5.79. The van der Waals surface area contributed by atoms with Gasteiger partial charge in [0.1, 0.15) is 5.82 Å². The summed E-state index contributed by atoms with van der Waals surface area (Å²) in [6.07, 6.45) is 0.262. The van der Waals surface area contributed by atoms with Gasteiger partial charge in [-0.3, -0.25) is 4.79 Å². The number of nitrogens with zero attached hydrogens (tertiary/aromatic N) is 3. The van der Waals surface area contributed by atoms with E-state index >= 15 is 0 Å². The van der Waals surface area contributed by atoms with Gasteiger partial charge in [0.2, 0.25) is 5.91 Å². The summed E-state index contributed by atoms with van der Waals surface area (Å²) in [6, 6.07) is 6.02. The maximum Gasteiger partial charge on any atom is 0.320 e. The van der Waals surface area contributed by atoms with Crippen molar-refractivity contribution in [3.05, 3.63) is 35.6 Å². The van der Waals surface area contributed by atoms with Crippen molar-refractivity contribution in [2.45, 2.75) is 6.42 Å². The molecule has 1 aromatic carbocycles. The lowest BCUT2D eigenvalue weighted by Crippen LogP contribution is -2.55. The van der Waals surface area contributed by atoms with Crippen molar-refractivity contribution in [1.29, 1.82) is 0 Å². The molecule has 2 aliphatic heterocycles. The van der Waals surface area contributed by atoms with E-state index in [9.17, 15) is 14.0 Å². The topological polar surface area (TPSA) is 53.1 Å². The average Bonchev–Trinajstić information content (AvgIpc) is 2.64. The molecule has 0 bridgehead atoms. The van der Waals surface area contributed by atoms with Crippen LogP contribution in [0.1, 0.15) is 5.56 Å². The van der Waals surface area contributed by atoms with Gasteiger partial charge in [-0.15, -0.1) is 0 Å². The number of ether oxygens (including phenoxy) is 1. The second-order valence-corrected chi connectivity index (χ2v) is 6.05. The molecular weight excluding hydrogens is 313 g/mol. The molecule has 2 heterocycles.